The SMILES string of the molecule is CCn1c(C)cc(N2CCOCC2)c(C#N)c1=O. The first kappa shape index (κ1) is 12.7. The van der Waals surface area contributed by atoms with Crippen LogP contribution in [0.3, 0.4) is 0 Å². The highest BCUT2D eigenvalue weighted by Crippen LogP contribution is 2.19. The summed E-state index contributed by atoms with van der Waals surface area (Å²) >= 11 is 0. The summed E-state index contributed by atoms with van der Waals surface area (Å²) in [5.74, 6) is 0. The van der Waals surface area contributed by atoms with Crippen molar-refractivity contribution in [1.82, 2.24) is 4.57 Å². The molecule has 5 nitrogen and oxygen atoms in total. The summed E-state index contributed by atoms with van der Waals surface area (Å²) in [5, 5.41) is 9.22. The number of aryl methyl sites for hydroxylation is 1. The Hall–Kier alpha value is -1.80. The van der Waals surface area contributed by atoms with E-state index in [9.17, 15) is 10.1 Å². The van der Waals surface area contributed by atoms with Gasteiger partial charge in [0.15, 0.2) is 0 Å². The first-order valence-electron chi connectivity index (χ1n) is 6.16. The molecule has 0 saturated carbocycles. The lowest BCUT2D eigenvalue weighted by atomic mass is 10.1. The van der Waals surface area contributed by atoms with Gasteiger partial charge in [0.1, 0.15) is 11.6 Å². The lowest BCUT2D eigenvalue weighted by Crippen LogP contribution is -2.38. The first-order valence-corrected chi connectivity index (χ1v) is 6.16. The van der Waals surface area contributed by atoms with Crippen LogP contribution in [0.1, 0.15) is 18.2 Å². The molecule has 1 saturated heterocycles. The van der Waals surface area contributed by atoms with Gasteiger partial charge in [-0.3, -0.25) is 4.79 Å². The number of ether oxygens (including phenoxy) is 1. The van der Waals surface area contributed by atoms with E-state index >= 15 is 0 Å². The van der Waals surface area contributed by atoms with Crippen LogP contribution in [0.25, 0.3) is 0 Å². The smallest absolute Gasteiger partial charge is 0.270 e. The molecule has 1 aliphatic rings. The van der Waals surface area contributed by atoms with Gasteiger partial charge in [-0.05, 0) is 19.9 Å². The van der Waals surface area contributed by atoms with Crippen LogP contribution in [-0.2, 0) is 11.3 Å². The molecule has 1 aromatic heterocycles. The Morgan fingerprint density at radius 1 is 1.44 bits per heavy atom. The molecule has 5 heteroatoms. The molecular formula is C13H17N3O2. The number of rotatable bonds is 2. The van der Waals surface area contributed by atoms with E-state index in [1.54, 1.807) is 4.57 Å². The Morgan fingerprint density at radius 3 is 2.67 bits per heavy atom. The number of hydrogen-bond donors (Lipinski definition) is 0. The van der Waals surface area contributed by atoms with Crippen LogP contribution in [0.5, 0.6) is 0 Å². The van der Waals surface area contributed by atoms with Crippen LogP contribution >= 0.6 is 0 Å². The normalized spacial score (nSPS) is 15.5. The minimum absolute atomic E-state index is 0.193. The molecular weight excluding hydrogens is 230 g/mol. The predicted octanol–water partition coefficient (Wildman–Crippen LogP) is 0.885. The summed E-state index contributed by atoms with van der Waals surface area (Å²) in [6, 6.07) is 3.97. The van der Waals surface area contributed by atoms with Crippen molar-refractivity contribution in [3.63, 3.8) is 0 Å². The van der Waals surface area contributed by atoms with Crippen molar-refractivity contribution in [1.29, 1.82) is 5.26 Å². The van der Waals surface area contributed by atoms with Gasteiger partial charge < -0.3 is 14.2 Å². The van der Waals surface area contributed by atoms with E-state index < -0.39 is 0 Å². The molecule has 0 bridgehead atoms. The van der Waals surface area contributed by atoms with Gasteiger partial charge in [-0.1, -0.05) is 0 Å². The molecule has 0 aromatic carbocycles. The largest absolute Gasteiger partial charge is 0.378 e. The summed E-state index contributed by atoms with van der Waals surface area (Å²) in [5.41, 5.74) is 1.68. The van der Waals surface area contributed by atoms with E-state index in [0.29, 0.717) is 19.8 Å². The van der Waals surface area contributed by atoms with Gasteiger partial charge in [0.25, 0.3) is 5.56 Å². The maximum atomic E-state index is 12.2. The fourth-order valence-electron chi connectivity index (χ4n) is 2.30. The molecule has 0 amide bonds. The van der Waals surface area contributed by atoms with Crippen LogP contribution in [0.2, 0.25) is 0 Å². The molecule has 18 heavy (non-hydrogen) atoms. The monoisotopic (exact) mass is 247 g/mol. The van der Waals surface area contributed by atoms with Gasteiger partial charge in [0, 0.05) is 25.3 Å². The van der Waals surface area contributed by atoms with Gasteiger partial charge in [0.05, 0.1) is 18.9 Å². The minimum atomic E-state index is -0.193. The molecule has 0 N–H and O–H groups in total. The van der Waals surface area contributed by atoms with E-state index in [1.165, 1.54) is 0 Å². The molecule has 2 rings (SSSR count). The molecule has 96 valence electrons. The van der Waals surface area contributed by atoms with Gasteiger partial charge in [-0.15, -0.1) is 0 Å². The predicted molar refractivity (Wildman–Crippen MR) is 68.9 cm³/mol. The van der Waals surface area contributed by atoms with E-state index in [-0.39, 0.29) is 11.1 Å². The Balaban J connectivity index is 2.54. The van der Waals surface area contributed by atoms with Crippen LogP contribution in [0.15, 0.2) is 10.9 Å². The Kier molecular flexibility index (Phi) is 3.68. The molecule has 0 unspecified atom stereocenters. The molecule has 0 atom stereocenters. The highest BCUT2D eigenvalue weighted by Gasteiger charge is 2.19. The van der Waals surface area contributed by atoms with Crippen molar-refractivity contribution in [2.24, 2.45) is 0 Å². The first-order chi connectivity index (χ1) is 8.69. The van der Waals surface area contributed by atoms with Crippen LogP contribution < -0.4 is 10.5 Å². The Labute approximate surface area is 106 Å². The Morgan fingerprint density at radius 2 is 2.11 bits per heavy atom. The van der Waals surface area contributed by atoms with E-state index in [2.05, 4.69) is 4.90 Å². The fourth-order valence-corrected chi connectivity index (χ4v) is 2.30. The van der Waals surface area contributed by atoms with Crippen LogP contribution in [0.4, 0.5) is 5.69 Å². The van der Waals surface area contributed by atoms with Gasteiger partial charge in [-0.2, -0.15) is 5.26 Å². The third kappa shape index (κ3) is 2.12. The van der Waals surface area contributed by atoms with Crippen LogP contribution in [0, 0.1) is 18.3 Å². The van der Waals surface area contributed by atoms with Crippen molar-refractivity contribution >= 4 is 5.69 Å². The Bertz CT molecular complexity index is 536. The number of nitrogens with zero attached hydrogens (tertiary/aromatic N) is 3. The third-order valence-corrected chi connectivity index (χ3v) is 3.27. The molecule has 0 radical (unpaired) electrons. The maximum Gasteiger partial charge on any atom is 0.270 e. The molecule has 2 heterocycles. The maximum absolute atomic E-state index is 12.2. The summed E-state index contributed by atoms with van der Waals surface area (Å²) in [6.45, 7) is 7.12. The standard InChI is InChI=1S/C13H17N3O2/c1-3-16-10(2)8-12(11(9-14)13(16)17)15-4-6-18-7-5-15/h8H,3-7H2,1-2H3. The second kappa shape index (κ2) is 5.23. The van der Waals surface area contributed by atoms with Crippen molar-refractivity contribution in [2.45, 2.75) is 20.4 Å². The molecule has 0 spiro atoms. The number of anilines is 1. The van der Waals surface area contributed by atoms with Crippen molar-refractivity contribution in [2.75, 3.05) is 31.2 Å². The zero-order valence-corrected chi connectivity index (χ0v) is 10.8. The van der Waals surface area contributed by atoms with Gasteiger partial charge in [-0.25, -0.2) is 0 Å². The molecule has 1 aromatic rings. The van der Waals surface area contributed by atoms with Gasteiger partial charge in [0.2, 0.25) is 0 Å². The number of pyridine rings is 1. The lowest BCUT2D eigenvalue weighted by molar-refractivity contribution is 0.122. The number of aromatic nitrogens is 1. The van der Waals surface area contributed by atoms with E-state index in [0.717, 1.165) is 24.5 Å². The lowest BCUT2D eigenvalue weighted by Gasteiger charge is -2.30. The number of morpholine rings is 1. The second-order valence-electron chi connectivity index (χ2n) is 4.31. The fraction of sp³-hybridized carbons (Fsp3) is 0.538. The van der Waals surface area contributed by atoms with Crippen molar-refractivity contribution in [3.05, 3.63) is 27.7 Å². The summed E-state index contributed by atoms with van der Waals surface area (Å²) in [4.78, 5) is 14.2. The second-order valence-corrected chi connectivity index (χ2v) is 4.31. The quantitative estimate of drug-likeness (QED) is 0.778. The van der Waals surface area contributed by atoms with Crippen molar-refractivity contribution < 1.29 is 4.74 Å². The van der Waals surface area contributed by atoms with E-state index in [1.807, 2.05) is 26.0 Å². The highest BCUT2D eigenvalue weighted by atomic mass is 16.5. The third-order valence-electron chi connectivity index (χ3n) is 3.27. The zero-order valence-electron chi connectivity index (χ0n) is 10.8. The minimum Gasteiger partial charge on any atom is -0.378 e. The number of nitriles is 1. The molecule has 1 fully saturated rings. The molecule has 1 aliphatic heterocycles. The van der Waals surface area contributed by atoms with E-state index in [4.69, 9.17) is 4.74 Å². The average Bonchev–Trinajstić information content (AvgIpc) is 2.39. The van der Waals surface area contributed by atoms with Gasteiger partial charge >= 0.3 is 0 Å². The van der Waals surface area contributed by atoms with Crippen molar-refractivity contribution in [3.8, 4) is 6.07 Å². The van der Waals surface area contributed by atoms with Crippen LogP contribution in [-0.4, -0.2) is 30.9 Å². The average molecular weight is 247 g/mol. The topological polar surface area (TPSA) is 58.3 Å². The summed E-state index contributed by atoms with van der Waals surface area (Å²) in [7, 11) is 0. The summed E-state index contributed by atoms with van der Waals surface area (Å²) in [6.07, 6.45) is 0. The molecule has 0 aliphatic carbocycles. The zero-order chi connectivity index (χ0) is 13.1. The number of hydrogen-bond acceptors (Lipinski definition) is 4. The summed E-state index contributed by atoms with van der Waals surface area (Å²) < 4.78 is 6.92. The highest BCUT2D eigenvalue weighted by molar-refractivity contribution is 5.59.